The minimum Gasteiger partial charge on any atom is -0.481 e. The predicted octanol–water partition coefficient (Wildman–Crippen LogP) is 0.604. The third kappa shape index (κ3) is 4.36. The molecule has 0 bridgehead atoms. The number of nitrogens with two attached hydrogens (primary N) is 1. The first-order valence-corrected chi connectivity index (χ1v) is 6.00. The van der Waals surface area contributed by atoms with Gasteiger partial charge in [-0.05, 0) is 19.1 Å². The van der Waals surface area contributed by atoms with Crippen LogP contribution in [0.1, 0.15) is 23.7 Å². The molecule has 0 radical (unpaired) electrons. The highest BCUT2D eigenvalue weighted by molar-refractivity contribution is 6.03. The number of hydrogen-bond acceptors (Lipinski definition) is 5. The summed E-state index contributed by atoms with van der Waals surface area (Å²) < 4.78 is 4.86. The topological polar surface area (TPSA) is 119 Å². The molecule has 7 nitrogen and oxygen atoms in total. The molecule has 1 aromatic rings. The van der Waals surface area contributed by atoms with Gasteiger partial charge in [-0.2, -0.15) is 0 Å². The molecule has 0 aliphatic heterocycles. The lowest BCUT2D eigenvalue weighted by Gasteiger charge is -2.13. The first-order valence-electron chi connectivity index (χ1n) is 6.00. The van der Waals surface area contributed by atoms with Gasteiger partial charge in [0.1, 0.15) is 0 Å². The second-order valence-electron chi connectivity index (χ2n) is 3.96. The van der Waals surface area contributed by atoms with Crippen molar-refractivity contribution in [2.24, 2.45) is 5.73 Å². The lowest BCUT2D eigenvalue weighted by Crippen LogP contribution is -2.37. The zero-order valence-corrected chi connectivity index (χ0v) is 11.0. The summed E-state index contributed by atoms with van der Waals surface area (Å²) in [4.78, 5) is 33.9. The van der Waals surface area contributed by atoms with Gasteiger partial charge >= 0.3 is 11.9 Å². The maximum atomic E-state index is 11.7. The van der Waals surface area contributed by atoms with Crippen LogP contribution in [0.15, 0.2) is 24.3 Å². The fraction of sp³-hybridized carbons (Fsp3) is 0.308. The van der Waals surface area contributed by atoms with E-state index in [1.807, 2.05) is 0 Å². The molecular formula is C13H16N2O5. The number of carbonyl (C=O) groups is 3. The summed E-state index contributed by atoms with van der Waals surface area (Å²) in [5.74, 6) is -2.43. The molecule has 0 aliphatic carbocycles. The first-order chi connectivity index (χ1) is 9.45. The molecule has 1 rings (SSSR count). The Balaban J connectivity index is 2.84. The van der Waals surface area contributed by atoms with Crippen LogP contribution in [-0.4, -0.2) is 35.6 Å². The lowest BCUT2D eigenvalue weighted by atomic mass is 10.1. The number of amides is 1. The molecule has 0 heterocycles. The SMILES string of the molecule is CCOC(=O)c1ccccc1NC(=O)C(N)CC(=O)O. The Hall–Kier alpha value is -2.41. The summed E-state index contributed by atoms with van der Waals surface area (Å²) in [5.41, 5.74) is 5.86. The fourth-order valence-electron chi connectivity index (χ4n) is 1.49. The van der Waals surface area contributed by atoms with Crippen molar-refractivity contribution in [2.75, 3.05) is 11.9 Å². The van der Waals surface area contributed by atoms with Crippen LogP contribution in [0, 0.1) is 0 Å². The molecule has 0 aromatic heterocycles. The van der Waals surface area contributed by atoms with E-state index in [2.05, 4.69) is 5.32 Å². The standard InChI is InChI=1S/C13H16N2O5/c1-2-20-13(19)8-5-3-4-6-10(8)15-12(18)9(14)7-11(16)17/h3-6,9H,2,7,14H2,1H3,(H,15,18)(H,16,17). The first kappa shape index (κ1) is 15.6. The number of carboxylic acids is 1. The Labute approximate surface area is 115 Å². The van der Waals surface area contributed by atoms with Crippen molar-refractivity contribution >= 4 is 23.5 Å². The Morgan fingerprint density at radius 1 is 1.35 bits per heavy atom. The van der Waals surface area contributed by atoms with Crippen molar-refractivity contribution in [3.8, 4) is 0 Å². The summed E-state index contributed by atoms with van der Waals surface area (Å²) in [6.45, 7) is 1.88. The molecule has 108 valence electrons. The minimum absolute atomic E-state index is 0.185. The molecule has 0 saturated heterocycles. The molecule has 1 unspecified atom stereocenters. The van der Waals surface area contributed by atoms with Crippen molar-refractivity contribution in [3.63, 3.8) is 0 Å². The van der Waals surface area contributed by atoms with Crippen LogP contribution < -0.4 is 11.1 Å². The van der Waals surface area contributed by atoms with Gasteiger partial charge in [0.2, 0.25) is 5.91 Å². The van der Waals surface area contributed by atoms with Crippen molar-refractivity contribution < 1.29 is 24.2 Å². The van der Waals surface area contributed by atoms with Crippen LogP contribution in [0.5, 0.6) is 0 Å². The normalized spacial score (nSPS) is 11.5. The zero-order valence-electron chi connectivity index (χ0n) is 11.0. The Morgan fingerprint density at radius 3 is 2.60 bits per heavy atom. The number of anilines is 1. The highest BCUT2D eigenvalue weighted by Gasteiger charge is 2.19. The van der Waals surface area contributed by atoms with E-state index >= 15 is 0 Å². The largest absolute Gasteiger partial charge is 0.481 e. The van der Waals surface area contributed by atoms with E-state index in [0.717, 1.165) is 0 Å². The van der Waals surface area contributed by atoms with E-state index in [1.165, 1.54) is 12.1 Å². The van der Waals surface area contributed by atoms with Gasteiger partial charge in [0, 0.05) is 0 Å². The van der Waals surface area contributed by atoms with Crippen LogP contribution in [0.4, 0.5) is 5.69 Å². The van der Waals surface area contributed by atoms with Gasteiger partial charge in [-0.15, -0.1) is 0 Å². The molecule has 0 fully saturated rings. The van der Waals surface area contributed by atoms with Crippen molar-refractivity contribution in [3.05, 3.63) is 29.8 Å². The summed E-state index contributed by atoms with van der Waals surface area (Å²) in [7, 11) is 0. The van der Waals surface area contributed by atoms with Gasteiger partial charge in [0.25, 0.3) is 0 Å². The van der Waals surface area contributed by atoms with E-state index in [1.54, 1.807) is 19.1 Å². The number of esters is 1. The average Bonchev–Trinajstić information content (AvgIpc) is 2.38. The van der Waals surface area contributed by atoms with Crippen LogP contribution in [-0.2, 0) is 14.3 Å². The highest BCUT2D eigenvalue weighted by Crippen LogP contribution is 2.16. The van der Waals surface area contributed by atoms with E-state index in [4.69, 9.17) is 15.6 Å². The summed E-state index contributed by atoms with van der Waals surface area (Å²) in [5, 5.41) is 11.0. The van der Waals surface area contributed by atoms with E-state index < -0.39 is 30.3 Å². The van der Waals surface area contributed by atoms with Crippen molar-refractivity contribution in [1.29, 1.82) is 0 Å². The summed E-state index contributed by atoms with van der Waals surface area (Å²) in [6, 6.07) is 5.07. The number of carbonyl (C=O) groups excluding carboxylic acids is 2. The van der Waals surface area contributed by atoms with Crippen LogP contribution in [0.2, 0.25) is 0 Å². The average molecular weight is 280 g/mol. The number of hydrogen-bond donors (Lipinski definition) is 3. The zero-order chi connectivity index (χ0) is 15.1. The van der Waals surface area contributed by atoms with Gasteiger partial charge in [0.05, 0.1) is 30.3 Å². The van der Waals surface area contributed by atoms with Crippen molar-refractivity contribution in [1.82, 2.24) is 0 Å². The van der Waals surface area contributed by atoms with Gasteiger partial charge in [-0.25, -0.2) is 4.79 Å². The van der Waals surface area contributed by atoms with Gasteiger partial charge < -0.3 is 20.9 Å². The second-order valence-corrected chi connectivity index (χ2v) is 3.96. The molecular weight excluding hydrogens is 264 g/mol. The van der Waals surface area contributed by atoms with Crippen LogP contribution in [0.3, 0.4) is 0 Å². The van der Waals surface area contributed by atoms with Gasteiger partial charge in [-0.1, -0.05) is 12.1 Å². The number of aliphatic carboxylic acids is 1. The summed E-state index contributed by atoms with van der Waals surface area (Å²) >= 11 is 0. The summed E-state index contributed by atoms with van der Waals surface area (Å²) in [6.07, 6.45) is -0.493. The molecule has 0 spiro atoms. The molecule has 0 saturated carbocycles. The molecule has 20 heavy (non-hydrogen) atoms. The second kappa shape index (κ2) is 7.25. The molecule has 7 heteroatoms. The smallest absolute Gasteiger partial charge is 0.340 e. The van der Waals surface area contributed by atoms with E-state index in [9.17, 15) is 14.4 Å². The van der Waals surface area contributed by atoms with E-state index in [0.29, 0.717) is 0 Å². The van der Waals surface area contributed by atoms with Gasteiger partial charge in [-0.3, -0.25) is 9.59 Å². The number of rotatable bonds is 6. The molecule has 1 amide bonds. The van der Waals surface area contributed by atoms with Crippen LogP contribution >= 0.6 is 0 Å². The van der Waals surface area contributed by atoms with E-state index in [-0.39, 0.29) is 17.9 Å². The lowest BCUT2D eigenvalue weighted by molar-refractivity contribution is -0.138. The molecule has 1 aromatic carbocycles. The maximum Gasteiger partial charge on any atom is 0.340 e. The third-order valence-electron chi connectivity index (χ3n) is 2.41. The van der Waals surface area contributed by atoms with Crippen molar-refractivity contribution in [2.45, 2.75) is 19.4 Å². The Bertz CT molecular complexity index is 515. The minimum atomic E-state index is -1.19. The number of para-hydroxylation sites is 1. The quantitative estimate of drug-likeness (QED) is 0.657. The number of ether oxygens (including phenoxy) is 1. The molecule has 4 N–H and O–H groups in total. The fourth-order valence-corrected chi connectivity index (χ4v) is 1.49. The van der Waals surface area contributed by atoms with Gasteiger partial charge in [0.15, 0.2) is 0 Å². The molecule has 1 atom stereocenters. The number of carboxylic acid groups (broad SMARTS) is 1. The molecule has 0 aliphatic rings. The maximum absolute atomic E-state index is 11.7. The Morgan fingerprint density at radius 2 is 2.00 bits per heavy atom. The Kier molecular flexibility index (Phi) is 5.67. The predicted molar refractivity (Wildman–Crippen MR) is 71.3 cm³/mol. The van der Waals surface area contributed by atoms with Crippen LogP contribution in [0.25, 0.3) is 0 Å². The highest BCUT2D eigenvalue weighted by atomic mass is 16.5. The third-order valence-corrected chi connectivity index (χ3v) is 2.41. The monoisotopic (exact) mass is 280 g/mol. The number of benzene rings is 1. The number of nitrogens with one attached hydrogen (secondary N) is 1.